The molecule has 2 rings (SSSR count). The first-order chi connectivity index (χ1) is 9.19. The van der Waals surface area contributed by atoms with Gasteiger partial charge in [-0.05, 0) is 24.1 Å². The van der Waals surface area contributed by atoms with Crippen molar-refractivity contribution in [1.29, 1.82) is 0 Å². The van der Waals surface area contributed by atoms with Gasteiger partial charge >= 0.3 is 0 Å². The molecule has 0 fully saturated rings. The van der Waals surface area contributed by atoms with Gasteiger partial charge in [-0.15, -0.1) is 0 Å². The third-order valence-electron chi connectivity index (χ3n) is 2.72. The molecular weight excluding hydrogens is 242 g/mol. The normalized spacial score (nSPS) is 10.2. The number of nitrogens with one attached hydrogen (secondary N) is 2. The molecule has 19 heavy (non-hydrogen) atoms. The van der Waals surface area contributed by atoms with Gasteiger partial charge in [-0.1, -0.05) is 0 Å². The molecule has 0 aliphatic heterocycles. The van der Waals surface area contributed by atoms with E-state index in [1.54, 1.807) is 24.0 Å². The Kier molecular flexibility index (Phi) is 4.12. The second-order valence-electron chi connectivity index (χ2n) is 4.21. The molecule has 2 N–H and O–H groups in total. The molecule has 0 bridgehead atoms. The summed E-state index contributed by atoms with van der Waals surface area (Å²) >= 11 is 0. The Morgan fingerprint density at radius 2 is 2.32 bits per heavy atom. The third-order valence-corrected chi connectivity index (χ3v) is 2.72. The summed E-state index contributed by atoms with van der Waals surface area (Å²) in [4.78, 5) is 15.5. The Balaban J connectivity index is 1.90. The summed E-state index contributed by atoms with van der Waals surface area (Å²) in [6, 6.07) is 3.58. The fourth-order valence-electron chi connectivity index (χ4n) is 1.74. The second-order valence-corrected chi connectivity index (χ2v) is 4.21. The molecule has 2 heterocycles. The van der Waals surface area contributed by atoms with E-state index in [0.717, 1.165) is 18.7 Å². The molecule has 6 heteroatoms. The van der Waals surface area contributed by atoms with Crippen molar-refractivity contribution in [2.45, 2.75) is 6.42 Å². The van der Waals surface area contributed by atoms with Crippen LogP contribution in [0.5, 0.6) is 0 Å². The van der Waals surface area contributed by atoms with Crippen LogP contribution in [-0.2, 0) is 13.5 Å². The van der Waals surface area contributed by atoms with Crippen molar-refractivity contribution >= 4 is 11.6 Å². The van der Waals surface area contributed by atoms with Gasteiger partial charge in [0, 0.05) is 38.7 Å². The number of nitrogens with zero attached hydrogens (tertiary/aromatic N) is 3. The topological polar surface area (TPSA) is 71.8 Å². The van der Waals surface area contributed by atoms with Crippen molar-refractivity contribution in [2.24, 2.45) is 7.05 Å². The highest BCUT2D eigenvalue weighted by atomic mass is 16.1. The van der Waals surface area contributed by atoms with E-state index in [9.17, 15) is 4.79 Å². The zero-order chi connectivity index (χ0) is 13.7. The van der Waals surface area contributed by atoms with E-state index >= 15 is 0 Å². The largest absolute Gasteiger partial charge is 0.385 e. The van der Waals surface area contributed by atoms with Crippen LogP contribution in [0.25, 0.3) is 0 Å². The minimum atomic E-state index is -0.184. The van der Waals surface area contributed by atoms with Gasteiger partial charge in [-0.3, -0.25) is 14.5 Å². The molecule has 0 aliphatic rings. The van der Waals surface area contributed by atoms with Crippen molar-refractivity contribution in [2.75, 3.05) is 18.9 Å². The van der Waals surface area contributed by atoms with Crippen LogP contribution in [0.4, 0.5) is 5.69 Å². The zero-order valence-electron chi connectivity index (χ0n) is 11.1. The van der Waals surface area contributed by atoms with Gasteiger partial charge in [0.2, 0.25) is 0 Å². The van der Waals surface area contributed by atoms with Gasteiger partial charge in [-0.2, -0.15) is 5.10 Å². The molecule has 2 aromatic rings. The van der Waals surface area contributed by atoms with Crippen LogP contribution < -0.4 is 10.6 Å². The summed E-state index contributed by atoms with van der Waals surface area (Å²) in [6.07, 6.45) is 6.34. The average Bonchev–Trinajstić information content (AvgIpc) is 2.84. The highest BCUT2D eigenvalue weighted by Gasteiger charge is 2.05. The average molecular weight is 259 g/mol. The van der Waals surface area contributed by atoms with E-state index in [2.05, 4.69) is 20.7 Å². The van der Waals surface area contributed by atoms with Gasteiger partial charge in [0.1, 0.15) is 5.69 Å². The first kappa shape index (κ1) is 13.1. The van der Waals surface area contributed by atoms with E-state index in [1.165, 1.54) is 5.56 Å². The number of amides is 1. The van der Waals surface area contributed by atoms with Crippen LogP contribution in [0.3, 0.4) is 0 Å². The maximum atomic E-state index is 11.5. The van der Waals surface area contributed by atoms with E-state index in [0.29, 0.717) is 5.69 Å². The van der Waals surface area contributed by atoms with Gasteiger partial charge in [0.05, 0.1) is 6.20 Å². The van der Waals surface area contributed by atoms with Gasteiger partial charge in [0.15, 0.2) is 0 Å². The number of aromatic nitrogens is 3. The maximum Gasteiger partial charge on any atom is 0.269 e. The Morgan fingerprint density at radius 3 is 3.00 bits per heavy atom. The summed E-state index contributed by atoms with van der Waals surface area (Å²) in [6.45, 7) is 0.781. The van der Waals surface area contributed by atoms with Crippen LogP contribution >= 0.6 is 0 Å². The lowest BCUT2D eigenvalue weighted by Gasteiger charge is -2.06. The van der Waals surface area contributed by atoms with Crippen LogP contribution in [0.2, 0.25) is 0 Å². The third kappa shape index (κ3) is 3.54. The number of anilines is 1. The number of rotatable bonds is 5. The van der Waals surface area contributed by atoms with Crippen molar-refractivity contribution < 1.29 is 4.79 Å². The molecule has 100 valence electrons. The van der Waals surface area contributed by atoms with Crippen LogP contribution in [0.15, 0.2) is 30.7 Å². The first-order valence-corrected chi connectivity index (χ1v) is 6.08. The number of carbonyl (C=O) groups is 1. The number of hydrogen-bond acceptors (Lipinski definition) is 4. The summed E-state index contributed by atoms with van der Waals surface area (Å²) in [5.74, 6) is -0.184. The molecule has 0 aromatic carbocycles. The Bertz CT molecular complexity index is 564. The van der Waals surface area contributed by atoms with Crippen molar-refractivity contribution in [1.82, 2.24) is 20.1 Å². The minimum absolute atomic E-state index is 0.184. The SMILES string of the molecule is CNC(=O)c1cc(NCCc2cnn(C)c2)ccn1. The summed E-state index contributed by atoms with van der Waals surface area (Å²) in [5.41, 5.74) is 2.47. The smallest absolute Gasteiger partial charge is 0.269 e. The van der Waals surface area contributed by atoms with Gasteiger partial charge in [0.25, 0.3) is 5.91 Å². The lowest BCUT2D eigenvalue weighted by Crippen LogP contribution is -2.19. The Morgan fingerprint density at radius 1 is 1.47 bits per heavy atom. The van der Waals surface area contributed by atoms with Crippen molar-refractivity contribution in [3.63, 3.8) is 0 Å². The maximum absolute atomic E-state index is 11.5. The standard InChI is InChI=1S/C13H17N5O/c1-14-13(19)12-7-11(4-6-16-12)15-5-3-10-8-17-18(2)9-10/h4,6-9H,3,5H2,1-2H3,(H,14,19)(H,15,16). The molecule has 0 unspecified atom stereocenters. The fourth-order valence-corrected chi connectivity index (χ4v) is 1.74. The number of pyridine rings is 1. The van der Waals surface area contributed by atoms with Crippen molar-refractivity contribution in [3.8, 4) is 0 Å². The molecule has 2 aromatic heterocycles. The number of carbonyl (C=O) groups excluding carboxylic acids is 1. The molecule has 0 saturated carbocycles. The lowest BCUT2D eigenvalue weighted by molar-refractivity contribution is 0.0958. The lowest BCUT2D eigenvalue weighted by atomic mass is 10.2. The molecule has 0 aliphatic carbocycles. The highest BCUT2D eigenvalue weighted by molar-refractivity contribution is 5.92. The molecular formula is C13H17N5O. The quantitative estimate of drug-likeness (QED) is 0.834. The van der Waals surface area contributed by atoms with E-state index in [4.69, 9.17) is 0 Å². The second kappa shape index (κ2) is 5.99. The number of hydrogen-bond donors (Lipinski definition) is 2. The first-order valence-electron chi connectivity index (χ1n) is 6.08. The molecule has 0 atom stereocenters. The van der Waals surface area contributed by atoms with Crippen LogP contribution in [-0.4, -0.2) is 34.3 Å². The number of aryl methyl sites for hydroxylation is 1. The molecule has 1 amide bonds. The van der Waals surface area contributed by atoms with E-state index < -0.39 is 0 Å². The Labute approximate surface area is 111 Å². The molecule has 0 spiro atoms. The predicted octanol–water partition coefficient (Wildman–Crippen LogP) is 0.829. The van der Waals surface area contributed by atoms with Crippen LogP contribution in [0.1, 0.15) is 16.1 Å². The molecule has 0 radical (unpaired) electrons. The van der Waals surface area contributed by atoms with E-state index in [1.807, 2.05) is 25.5 Å². The monoisotopic (exact) mass is 259 g/mol. The fraction of sp³-hybridized carbons (Fsp3) is 0.308. The zero-order valence-corrected chi connectivity index (χ0v) is 11.1. The highest BCUT2D eigenvalue weighted by Crippen LogP contribution is 2.08. The van der Waals surface area contributed by atoms with Gasteiger partial charge in [-0.25, -0.2) is 0 Å². The summed E-state index contributed by atoms with van der Waals surface area (Å²) in [7, 11) is 3.49. The molecule has 0 saturated heterocycles. The summed E-state index contributed by atoms with van der Waals surface area (Å²) in [5, 5.41) is 9.93. The van der Waals surface area contributed by atoms with Gasteiger partial charge < -0.3 is 10.6 Å². The molecule has 6 nitrogen and oxygen atoms in total. The Hall–Kier alpha value is -2.37. The van der Waals surface area contributed by atoms with E-state index in [-0.39, 0.29) is 5.91 Å². The van der Waals surface area contributed by atoms with Crippen LogP contribution in [0, 0.1) is 0 Å². The van der Waals surface area contributed by atoms with Crippen molar-refractivity contribution in [3.05, 3.63) is 42.0 Å². The predicted molar refractivity (Wildman–Crippen MR) is 73.0 cm³/mol. The minimum Gasteiger partial charge on any atom is -0.385 e. The summed E-state index contributed by atoms with van der Waals surface area (Å²) < 4.78 is 1.78.